The van der Waals surface area contributed by atoms with Gasteiger partial charge in [0.1, 0.15) is 0 Å². The Hall–Kier alpha value is -1.02. The van der Waals surface area contributed by atoms with Crippen LogP contribution in [0.5, 0.6) is 0 Å². The summed E-state index contributed by atoms with van der Waals surface area (Å²) >= 11 is 0. The third-order valence-electron chi connectivity index (χ3n) is 3.49. The molecule has 0 fully saturated rings. The summed E-state index contributed by atoms with van der Waals surface area (Å²) in [5.41, 5.74) is 9.94. The van der Waals surface area contributed by atoms with Crippen LogP contribution in [0.2, 0.25) is 0 Å². The molecule has 1 atom stereocenters. The molecule has 1 aliphatic heterocycles. The van der Waals surface area contributed by atoms with Crippen molar-refractivity contribution in [1.82, 2.24) is 0 Å². The highest BCUT2D eigenvalue weighted by Crippen LogP contribution is 2.34. The Morgan fingerprint density at radius 3 is 2.93 bits per heavy atom. The van der Waals surface area contributed by atoms with Crippen molar-refractivity contribution in [3.63, 3.8) is 0 Å². The van der Waals surface area contributed by atoms with Gasteiger partial charge < -0.3 is 10.6 Å². The molecule has 0 bridgehead atoms. The van der Waals surface area contributed by atoms with Gasteiger partial charge in [-0.1, -0.05) is 12.1 Å². The van der Waals surface area contributed by atoms with Crippen molar-refractivity contribution in [3.05, 3.63) is 29.3 Å². The lowest BCUT2D eigenvalue weighted by Gasteiger charge is -2.22. The fourth-order valence-corrected chi connectivity index (χ4v) is 2.50. The van der Waals surface area contributed by atoms with Gasteiger partial charge in [-0.2, -0.15) is 0 Å². The first-order chi connectivity index (χ1) is 7.24. The maximum Gasteiger partial charge on any atom is 0.0402 e. The maximum atomic E-state index is 5.57. The van der Waals surface area contributed by atoms with Crippen LogP contribution in [0.25, 0.3) is 0 Å². The van der Waals surface area contributed by atoms with Crippen molar-refractivity contribution >= 4 is 5.69 Å². The summed E-state index contributed by atoms with van der Waals surface area (Å²) in [4.78, 5) is 2.41. The summed E-state index contributed by atoms with van der Waals surface area (Å²) in [6, 6.07) is 7.24. The van der Waals surface area contributed by atoms with E-state index in [2.05, 4.69) is 37.1 Å². The van der Waals surface area contributed by atoms with Crippen LogP contribution in [0.15, 0.2) is 18.2 Å². The molecule has 2 nitrogen and oxygen atoms in total. The first-order valence-electron chi connectivity index (χ1n) is 5.75. The average molecular weight is 204 g/mol. The van der Waals surface area contributed by atoms with E-state index >= 15 is 0 Å². The normalized spacial score (nSPS) is 19.4. The molecule has 1 aromatic carbocycles. The molecule has 0 aliphatic carbocycles. The molecule has 1 aromatic rings. The molecule has 0 saturated carbocycles. The lowest BCUT2D eigenvalue weighted by molar-refractivity contribution is 0.583. The van der Waals surface area contributed by atoms with Crippen molar-refractivity contribution < 1.29 is 0 Å². The highest BCUT2D eigenvalue weighted by Gasteiger charge is 2.26. The van der Waals surface area contributed by atoms with Crippen LogP contribution in [-0.2, 0) is 6.42 Å². The van der Waals surface area contributed by atoms with E-state index in [-0.39, 0.29) is 0 Å². The molecular formula is C13H20N2. The van der Waals surface area contributed by atoms with Crippen LogP contribution >= 0.6 is 0 Å². The molecule has 2 heteroatoms. The smallest absolute Gasteiger partial charge is 0.0402 e. The van der Waals surface area contributed by atoms with Crippen LogP contribution in [-0.4, -0.2) is 19.6 Å². The van der Waals surface area contributed by atoms with E-state index in [1.807, 2.05) is 0 Å². The van der Waals surface area contributed by atoms with Crippen molar-refractivity contribution in [2.75, 3.05) is 18.5 Å². The molecule has 2 N–H and O–H groups in total. The van der Waals surface area contributed by atoms with Gasteiger partial charge in [-0.25, -0.2) is 0 Å². The standard InChI is InChI=1S/C13H20N2/c1-10-5-3-7-13-12(10)9-11(15(13)2)6-4-8-14/h3,5,7,11H,4,6,8-9,14H2,1-2H3. The van der Waals surface area contributed by atoms with Gasteiger partial charge in [-0.15, -0.1) is 0 Å². The summed E-state index contributed by atoms with van der Waals surface area (Å²) < 4.78 is 0. The predicted molar refractivity (Wildman–Crippen MR) is 65.4 cm³/mol. The number of hydrogen-bond donors (Lipinski definition) is 1. The Kier molecular flexibility index (Phi) is 2.96. The van der Waals surface area contributed by atoms with E-state index in [9.17, 15) is 0 Å². The highest BCUT2D eigenvalue weighted by atomic mass is 15.2. The van der Waals surface area contributed by atoms with Gasteiger partial charge >= 0.3 is 0 Å². The molecule has 0 spiro atoms. The van der Waals surface area contributed by atoms with Gasteiger partial charge in [0.05, 0.1) is 0 Å². The number of rotatable bonds is 3. The van der Waals surface area contributed by atoms with Crippen molar-refractivity contribution in [2.45, 2.75) is 32.2 Å². The molecular weight excluding hydrogens is 184 g/mol. The van der Waals surface area contributed by atoms with Crippen molar-refractivity contribution in [1.29, 1.82) is 0 Å². The molecule has 0 saturated heterocycles. The SMILES string of the molecule is Cc1cccc2c1CC(CCCN)N2C. The summed E-state index contributed by atoms with van der Waals surface area (Å²) in [6.45, 7) is 3.01. The average Bonchev–Trinajstić information content (AvgIpc) is 2.55. The predicted octanol–water partition coefficient (Wildman–Crippen LogP) is 2.09. The molecule has 1 heterocycles. The first kappa shape index (κ1) is 10.5. The summed E-state index contributed by atoms with van der Waals surface area (Å²) in [5, 5.41) is 0. The number of likely N-dealkylation sites (N-methyl/N-ethyl adjacent to an activating group) is 1. The number of nitrogens with zero attached hydrogens (tertiary/aromatic N) is 1. The van der Waals surface area contributed by atoms with Crippen molar-refractivity contribution in [3.8, 4) is 0 Å². The number of fused-ring (bicyclic) bond motifs is 1. The zero-order valence-electron chi connectivity index (χ0n) is 9.66. The second-order valence-corrected chi connectivity index (χ2v) is 4.47. The lowest BCUT2D eigenvalue weighted by Crippen LogP contribution is -2.28. The number of benzene rings is 1. The quantitative estimate of drug-likeness (QED) is 0.817. The first-order valence-corrected chi connectivity index (χ1v) is 5.75. The molecule has 0 radical (unpaired) electrons. The third-order valence-corrected chi connectivity index (χ3v) is 3.49. The third kappa shape index (κ3) is 1.86. The van der Waals surface area contributed by atoms with E-state index < -0.39 is 0 Å². The Balaban J connectivity index is 2.18. The molecule has 2 rings (SSSR count). The van der Waals surface area contributed by atoms with Gasteiger partial charge in [-0.3, -0.25) is 0 Å². The minimum Gasteiger partial charge on any atom is -0.371 e. The lowest BCUT2D eigenvalue weighted by atomic mass is 10.0. The Morgan fingerprint density at radius 2 is 2.27 bits per heavy atom. The Bertz CT molecular complexity index is 346. The fraction of sp³-hybridized carbons (Fsp3) is 0.538. The zero-order valence-corrected chi connectivity index (χ0v) is 9.66. The van der Waals surface area contributed by atoms with E-state index in [4.69, 9.17) is 5.73 Å². The number of aryl methyl sites for hydroxylation is 1. The second-order valence-electron chi connectivity index (χ2n) is 4.47. The Labute approximate surface area is 92.1 Å². The van der Waals surface area contributed by atoms with E-state index in [0.29, 0.717) is 6.04 Å². The molecule has 0 amide bonds. The van der Waals surface area contributed by atoms with Gasteiger partial charge in [0, 0.05) is 18.8 Å². The van der Waals surface area contributed by atoms with E-state index in [0.717, 1.165) is 13.0 Å². The van der Waals surface area contributed by atoms with E-state index in [1.54, 1.807) is 0 Å². The summed E-state index contributed by atoms with van der Waals surface area (Å²) in [7, 11) is 2.20. The summed E-state index contributed by atoms with van der Waals surface area (Å²) in [5.74, 6) is 0. The maximum absolute atomic E-state index is 5.57. The van der Waals surface area contributed by atoms with Gasteiger partial charge in [0.15, 0.2) is 0 Å². The van der Waals surface area contributed by atoms with Crippen LogP contribution in [0, 0.1) is 6.92 Å². The monoisotopic (exact) mass is 204 g/mol. The van der Waals surface area contributed by atoms with Gasteiger partial charge in [-0.05, 0) is 49.9 Å². The highest BCUT2D eigenvalue weighted by molar-refractivity contribution is 5.61. The number of hydrogen-bond acceptors (Lipinski definition) is 2. The Morgan fingerprint density at radius 1 is 1.47 bits per heavy atom. The van der Waals surface area contributed by atoms with Gasteiger partial charge in [0.25, 0.3) is 0 Å². The molecule has 1 aliphatic rings. The largest absolute Gasteiger partial charge is 0.371 e. The minimum absolute atomic E-state index is 0.657. The van der Waals surface area contributed by atoms with Gasteiger partial charge in [0.2, 0.25) is 0 Å². The van der Waals surface area contributed by atoms with Crippen molar-refractivity contribution in [2.24, 2.45) is 5.73 Å². The molecule has 0 aromatic heterocycles. The van der Waals surface area contributed by atoms with E-state index in [1.165, 1.54) is 29.7 Å². The molecule has 1 unspecified atom stereocenters. The van der Waals surface area contributed by atoms with Crippen LogP contribution in [0.1, 0.15) is 24.0 Å². The number of anilines is 1. The van der Waals surface area contributed by atoms with Crippen LogP contribution < -0.4 is 10.6 Å². The van der Waals surface area contributed by atoms with Crippen LogP contribution in [0.4, 0.5) is 5.69 Å². The second kappa shape index (κ2) is 4.23. The number of nitrogens with two attached hydrogens (primary N) is 1. The summed E-state index contributed by atoms with van der Waals surface area (Å²) in [6.07, 6.45) is 3.53. The topological polar surface area (TPSA) is 29.3 Å². The fourth-order valence-electron chi connectivity index (χ4n) is 2.50. The molecule has 15 heavy (non-hydrogen) atoms. The minimum atomic E-state index is 0.657. The van der Waals surface area contributed by atoms with Crippen LogP contribution in [0.3, 0.4) is 0 Å². The zero-order chi connectivity index (χ0) is 10.8. The molecule has 82 valence electrons.